The highest BCUT2D eigenvalue weighted by Crippen LogP contribution is 2.49. The summed E-state index contributed by atoms with van der Waals surface area (Å²) in [6, 6.07) is 18.4. The molecular weight excluding hydrogens is 604 g/mol. The minimum atomic E-state index is -2.00. The quantitative estimate of drug-likeness (QED) is 0.0636. The molecule has 1 amide bonds. The van der Waals surface area contributed by atoms with Gasteiger partial charge in [0.1, 0.15) is 18.1 Å². The lowest BCUT2D eigenvalue weighted by Crippen LogP contribution is -2.63. The van der Waals surface area contributed by atoms with Crippen molar-refractivity contribution in [1.82, 2.24) is 4.90 Å². The summed E-state index contributed by atoms with van der Waals surface area (Å²) in [5, 5.41) is 21.0. The van der Waals surface area contributed by atoms with Crippen molar-refractivity contribution < 1.29 is 33.6 Å². The largest absolute Gasteiger partial charge is 0.508 e. The Morgan fingerprint density at radius 1 is 0.978 bits per heavy atom. The normalized spacial score (nSPS) is 19.0. The number of hydrogen-bond donors (Lipinski definition) is 1. The van der Waals surface area contributed by atoms with E-state index in [1.807, 2.05) is 13.0 Å². The molecule has 11 heteroatoms. The maximum Gasteiger partial charge on any atom is 0.355 e. The molecule has 0 aromatic heterocycles. The van der Waals surface area contributed by atoms with Crippen LogP contribution >= 0.6 is 0 Å². The van der Waals surface area contributed by atoms with Gasteiger partial charge in [-0.2, -0.15) is 0 Å². The molecule has 0 bridgehead atoms. The van der Waals surface area contributed by atoms with E-state index in [-0.39, 0.29) is 47.6 Å². The van der Waals surface area contributed by atoms with Crippen LogP contribution in [-0.4, -0.2) is 53.1 Å². The summed E-state index contributed by atoms with van der Waals surface area (Å²) in [5.74, 6) is -1.44. The van der Waals surface area contributed by atoms with Crippen molar-refractivity contribution in [3.8, 4) is 16.9 Å². The second-order valence-corrected chi connectivity index (χ2v) is 16.9. The van der Waals surface area contributed by atoms with E-state index in [0.717, 1.165) is 18.1 Å². The van der Waals surface area contributed by atoms with Crippen LogP contribution in [0.5, 0.6) is 5.75 Å². The number of esters is 1. The number of rotatable bonds is 11. The number of hydrogen-bond acceptors (Lipinski definition) is 8. The van der Waals surface area contributed by atoms with Crippen LogP contribution in [0.2, 0.25) is 18.1 Å². The van der Waals surface area contributed by atoms with Gasteiger partial charge in [-0.15, -0.1) is 0 Å². The average Bonchev–Trinajstić information content (AvgIpc) is 3.54. The highest BCUT2D eigenvalue weighted by Gasteiger charge is 2.58. The van der Waals surface area contributed by atoms with Crippen molar-refractivity contribution in [1.29, 1.82) is 0 Å². The van der Waals surface area contributed by atoms with Gasteiger partial charge in [0.2, 0.25) is 5.91 Å². The Balaban J connectivity index is 1.34. The number of carbonyl (C=O) groups excluding carboxylic acids is 3. The Morgan fingerprint density at radius 3 is 2.30 bits per heavy atom. The van der Waals surface area contributed by atoms with Gasteiger partial charge in [-0.05, 0) is 102 Å². The summed E-state index contributed by atoms with van der Waals surface area (Å²) < 4.78 is 12.4. The molecule has 1 N–H and O–H groups in total. The summed E-state index contributed by atoms with van der Waals surface area (Å²) in [5.41, 5.74) is 4.32. The molecule has 3 aromatic carbocycles. The summed E-state index contributed by atoms with van der Waals surface area (Å²) in [6.07, 6.45) is 0.106. The first-order chi connectivity index (χ1) is 22.0. The molecule has 2 heterocycles. The Labute approximate surface area is 267 Å². The summed E-state index contributed by atoms with van der Waals surface area (Å²) in [7, 11) is -2.00. The fourth-order valence-corrected chi connectivity index (χ4v) is 10.1. The van der Waals surface area contributed by atoms with E-state index >= 15 is 0 Å². The fraction of sp³-hybridized carbons (Fsp3) is 0.343. The summed E-state index contributed by atoms with van der Waals surface area (Å²) in [4.78, 5) is 52.8. The Morgan fingerprint density at radius 2 is 1.65 bits per heavy atom. The molecule has 2 aliphatic heterocycles. The Kier molecular flexibility index (Phi) is 8.15. The molecule has 3 atom stereocenters. The zero-order valence-corrected chi connectivity index (χ0v) is 27.2. The van der Waals surface area contributed by atoms with Gasteiger partial charge in [0, 0.05) is 23.3 Å². The Hall–Kier alpha value is -4.61. The van der Waals surface area contributed by atoms with Crippen molar-refractivity contribution in [3.05, 3.63) is 98.7 Å². The van der Waals surface area contributed by atoms with Crippen LogP contribution in [0.3, 0.4) is 0 Å². The topological polar surface area (TPSA) is 136 Å². The molecule has 3 aromatic rings. The number of fused-ring (bicyclic) bond motifs is 4. The molecule has 3 aliphatic rings. The van der Waals surface area contributed by atoms with Gasteiger partial charge in [-0.25, -0.2) is 4.79 Å². The molecule has 0 unspecified atom stereocenters. The monoisotopic (exact) mass is 640 g/mol. The number of aromatic hydroxyl groups is 1. The number of ketones is 1. The molecular formula is C35H36N2O8Si. The highest BCUT2D eigenvalue weighted by molar-refractivity contribution is 6.73. The minimum Gasteiger partial charge on any atom is -0.508 e. The maximum absolute atomic E-state index is 13.8. The van der Waals surface area contributed by atoms with Crippen LogP contribution in [-0.2, 0) is 25.4 Å². The van der Waals surface area contributed by atoms with Crippen molar-refractivity contribution in [2.75, 3.05) is 0 Å². The van der Waals surface area contributed by atoms with E-state index < -0.39 is 25.1 Å². The van der Waals surface area contributed by atoms with Gasteiger partial charge in [0.05, 0.1) is 23.0 Å². The predicted molar refractivity (Wildman–Crippen MR) is 173 cm³/mol. The van der Waals surface area contributed by atoms with Crippen molar-refractivity contribution in [3.63, 3.8) is 0 Å². The molecule has 1 aliphatic carbocycles. The first-order valence-corrected chi connectivity index (χ1v) is 18.2. The van der Waals surface area contributed by atoms with E-state index in [1.54, 1.807) is 18.2 Å². The third-order valence-corrected chi connectivity index (χ3v) is 14.7. The number of amides is 1. The number of β-lactam (4-membered cyclic amide) rings is 1. The molecule has 0 radical (unpaired) electrons. The average molecular weight is 641 g/mol. The first-order valence-electron chi connectivity index (χ1n) is 15.7. The SMILES string of the molecule is CC[Si](CC)(CC)O[C@H](C)[C@H]1C(=O)N2C(C(=O)OCc3ccc([N+](=O)[O-])cc3)=C(c3ccc4c(c3)-c3ccc(O)cc3C4=O)C[C@H]12. The zero-order valence-electron chi connectivity index (χ0n) is 26.2. The number of non-ortho nitro benzene ring substituents is 1. The van der Waals surface area contributed by atoms with E-state index in [0.29, 0.717) is 45.4 Å². The van der Waals surface area contributed by atoms with Crippen molar-refractivity contribution in [2.24, 2.45) is 5.92 Å². The van der Waals surface area contributed by atoms with Crippen LogP contribution < -0.4 is 0 Å². The smallest absolute Gasteiger partial charge is 0.355 e. The first kappa shape index (κ1) is 31.4. The van der Waals surface area contributed by atoms with Crippen molar-refractivity contribution in [2.45, 2.75) is 71.0 Å². The number of nitro groups is 1. The number of benzene rings is 3. The van der Waals surface area contributed by atoms with Gasteiger partial charge in [0.25, 0.3) is 5.69 Å². The van der Waals surface area contributed by atoms with Gasteiger partial charge >= 0.3 is 5.97 Å². The number of phenolic OH excluding ortho intramolecular Hbond substituents is 1. The lowest BCUT2D eigenvalue weighted by molar-refractivity contribution is -0.384. The minimum absolute atomic E-state index is 0.00301. The Bertz CT molecular complexity index is 1790. The predicted octanol–water partition coefficient (Wildman–Crippen LogP) is 6.61. The van der Waals surface area contributed by atoms with Gasteiger partial charge in [0.15, 0.2) is 14.1 Å². The lowest BCUT2D eigenvalue weighted by atomic mass is 9.82. The van der Waals surface area contributed by atoms with Crippen LogP contribution in [0, 0.1) is 16.0 Å². The number of nitro benzene ring substituents is 1. The molecule has 0 spiro atoms. The van der Waals surface area contributed by atoms with Crippen LogP contribution in [0.4, 0.5) is 5.69 Å². The molecule has 1 fully saturated rings. The molecule has 238 valence electrons. The fourth-order valence-electron chi connectivity index (χ4n) is 7.15. The number of phenols is 1. The molecule has 46 heavy (non-hydrogen) atoms. The molecule has 1 saturated heterocycles. The van der Waals surface area contributed by atoms with E-state index in [2.05, 4.69) is 20.8 Å². The molecule has 6 rings (SSSR count). The van der Waals surface area contributed by atoms with Crippen LogP contribution in [0.15, 0.2) is 66.4 Å². The maximum atomic E-state index is 13.8. The van der Waals surface area contributed by atoms with Gasteiger partial charge in [-0.3, -0.25) is 19.7 Å². The second-order valence-electron chi connectivity index (χ2n) is 12.2. The third-order valence-electron chi connectivity index (χ3n) is 9.94. The van der Waals surface area contributed by atoms with Gasteiger partial charge in [-0.1, -0.05) is 26.8 Å². The van der Waals surface area contributed by atoms with E-state index in [4.69, 9.17) is 9.16 Å². The molecule has 0 saturated carbocycles. The summed E-state index contributed by atoms with van der Waals surface area (Å²) >= 11 is 0. The van der Waals surface area contributed by atoms with E-state index in [1.165, 1.54) is 41.3 Å². The molecule has 10 nitrogen and oxygen atoms in total. The summed E-state index contributed by atoms with van der Waals surface area (Å²) in [6.45, 7) is 8.27. The van der Waals surface area contributed by atoms with Gasteiger partial charge < -0.3 is 19.2 Å². The third kappa shape index (κ3) is 5.13. The van der Waals surface area contributed by atoms with Crippen LogP contribution in [0.1, 0.15) is 61.2 Å². The number of nitrogens with zero attached hydrogens (tertiary/aromatic N) is 2. The highest BCUT2D eigenvalue weighted by atomic mass is 28.4. The second kappa shape index (κ2) is 12.0. The number of ether oxygens (including phenoxy) is 1. The standard InChI is InChI=1S/C35H36N2O8Si/c1-5-46(6-2,7-3)45-20(4)31-30-18-27(22-10-14-26-28(16-22)25-15-13-24(38)17-29(25)33(26)39)32(36(30)34(31)40)35(41)44-19-21-8-11-23(12-9-21)37(42)43/h8-17,20,30-31,38H,5-7,18-19H2,1-4H3/t20-,30-,31-/m1/s1. The lowest BCUT2D eigenvalue weighted by Gasteiger charge is -2.48. The van der Waals surface area contributed by atoms with E-state index in [9.17, 15) is 29.6 Å². The van der Waals surface area contributed by atoms with Crippen molar-refractivity contribution >= 4 is 37.2 Å². The van der Waals surface area contributed by atoms with Crippen LogP contribution in [0.25, 0.3) is 16.7 Å². The zero-order chi connectivity index (χ0) is 32.9. The number of carbonyl (C=O) groups is 3.